The molecule has 1 saturated heterocycles. The topological polar surface area (TPSA) is 74.7 Å². The summed E-state index contributed by atoms with van der Waals surface area (Å²) in [6, 6.07) is -0.874. The first-order chi connectivity index (χ1) is 7.84. The SMILES string of the molecule is CC(C)CS(=O)(=O)N1CCCCCC1C(=O)O. The smallest absolute Gasteiger partial charge is 0.322 e. The lowest BCUT2D eigenvalue weighted by Crippen LogP contribution is -2.46. The van der Waals surface area contributed by atoms with Crippen molar-refractivity contribution in [1.29, 1.82) is 0 Å². The Morgan fingerprint density at radius 3 is 2.53 bits per heavy atom. The highest BCUT2D eigenvalue weighted by atomic mass is 32.2. The van der Waals surface area contributed by atoms with E-state index in [0.29, 0.717) is 13.0 Å². The van der Waals surface area contributed by atoms with Gasteiger partial charge >= 0.3 is 5.97 Å². The monoisotopic (exact) mass is 263 g/mol. The third-order valence-corrected chi connectivity index (χ3v) is 5.13. The maximum atomic E-state index is 12.1. The van der Waals surface area contributed by atoms with Gasteiger partial charge in [0.25, 0.3) is 0 Å². The van der Waals surface area contributed by atoms with Crippen LogP contribution in [0.15, 0.2) is 0 Å². The predicted octanol–water partition coefficient (Wildman–Crippen LogP) is 1.30. The number of carbonyl (C=O) groups is 1. The van der Waals surface area contributed by atoms with Gasteiger partial charge in [-0.25, -0.2) is 8.42 Å². The van der Waals surface area contributed by atoms with Crippen LogP contribution < -0.4 is 0 Å². The Morgan fingerprint density at radius 1 is 1.35 bits per heavy atom. The standard InChI is InChI=1S/C11H21NO4S/c1-9(2)8-17(15,16)12-7-5-3-4-6-10(12)11(13)14/h9-10H,3-8H2,1-2H3,(H,13,14). The molecular formula is C11H21NO4S. The fraction of sp³-hybridized carbons (Fsp3) is 0.909. The van der Waals surface area contributed by atoms with E-state index in [1.54, 1.807) is 0 Å². The van der Waals surface area contributed by atoms with Crippen LogP contribution in [-0.2, 0) is 14.8 Å². The molecule has 1 fully saturated rings. The minimum absolute atomic E-state index is 0.0118. The first kappa shape index (κ1) is 14.4. The van der Waals surface area contributed by atoms with E-state index in [4.69, 9.17) is 5.11 Å². The fourth-order valence-electron chi connectivity index (χ4n) is 2.18. The summed E-state index contributed by atoms with van der Waals surface area (Å²) in [6.45, 7) is 3.99. The number of carboxylic acid groups (broad SMARTS) is 1. The molecule has 1 atom stereocenters. The highest BCUT2D eigenvalue weighted by molar-refractivity contribution is 7.89. The van der Waals surface area contributed by atoms with Crippen molar-refractivity contribution in [2.24, 2.45) is 5.92 Å². The third kappa shape index (κ3) is 3.96. The van der Waals surface area contributed by atoms with E-state index in [1.807, 2.05) is 13.8 Å². The number of hydrogen-bond donors (Lipinski definition) is 1. The predicted molar refractivity (Wildman–Crippen MR) is 65.2 cm³/mol. The summed E-state index contributed by atoms with van der Waals surface area (Å²) in [5.74, 6) is -0.992. The second-order valence-corrected chi connectivity index (χ2v) is 6.95. The molecule has 0 aromatic heterocycles. The Balaban J connectivity index is 2.93. The third-order valence-electron chi connectivity index (χ3n) is 2.89. The van der Waals surface area contributed by atoms with Crippen LogP contribution >= 0.6 is 0 Å². The summed E-state index contributed by atoms with van der Waals surface area (Å²) in [6.07, 6.45) is 2.86. The van der Waals surface area contributed by atoms with Crippen molar-refractivity contribution in [1.82, 2.24) is 4.31 Å². The molecule has 1 aliphatic rings. The average molecular weight is 263 g/mol. The Kier molecular flexibility index (Phi) is 4.94. The summed E-state index contributed by atoms with van der Waals surface area (Å²) in [5, 5.41) is 9.13. The van der Waals surface area contributed by atoms with Gasteiger partial charge in [0.1, 0.15) is 6.04 Å². The lowest BCUT2D eigenvalue weighted by Gasteiger charge is -2.26. The molecule has 1 unspecified atom stereocenters. The van der Waals surface area contributed by atoms with Crippen molar-refractivity contribution in [3.63, 3.8) is 0 Å². The zero-order valence-corrected chi connectivity index (χ0v) is 11.2. The second kappa shape index (κ2) is 5.82. The van der Waals surface area contributed by atoms with E-state index in [2.05, 4.69) is 0 Å². The molecule has 100 valence electrons. The zero-order valence-electron chi connectivity index (χ0n) is 10.4. The highest BCUT2D eigenvalue weighted by Gasteiger charge is 2.35. The average Bonchev–Trinajstić information content (AvgIpc) is 2.40. The summed E-state index contributed by atoms with van der Waals surface area (Å²) in [7, 11) is -3.45. The van der Waals surface area contributed by atoms with Crippen molar-refractivity contribution in [2.45, 2.75) is 45.6 Å². The molecule has 1 aliphatic heterocycles. The first-order valence-corrected chi connectivity index (χ1v) is 7.68. The molecule has 0 saturated carbocycles. The largest absolute Gasteiger partial charge is 0.480 e. The van der Waals surface area contributed by atoms with Gasteiger partial charge in [0.2, 0.25) is 10.0 Å². The molecule has 1 rings (SSSR count). The van der Waals surface area contributed by atoms with E-state index in [0.717, 1.165) is 19.3 Å². The molecule has 0 radical (unpaired) electrons. The summed E-state index contributed by atoms with van der Waals surface area (Å²) < 4.78 is 25.4. The minimum atomic E-state index is -3.45. The molecule has 0 aliphatic carbocycles. The van der Waals surface area contributed by atoms with Crippen LogP contribution in [0.3, 0.4) is 0 Å². The molecule has 0 bridgehead atoms. The Morgan fingerprint density at radius 2 is 2.00 bits per heavy atom. The van der Waals surface area contributed by atoms with Crippen LogP contribution in [0.1, 0.15) is 39.5 Å². The van der Waals surface area contributed by atoms with Crippen LogP contribution in [0.2, 0.25) is 0 Å². The van der Waals surface area contributed by atoms with Crippen molar-refractivity contribution in [3.8, 4) is 0 Å². The molecule has 5 nitrogen and oxygen atoms in total. The number of aliphatic carboxylic acids is 1. The van der Waals surface area contributed by atoms with Gasteiger partial charge in [-0.3, -0.25) is 4.79 Å². The minimum Gasteiger partial charge on any atom is -0.480 e. The second-order valence-electron chi connectivity index (χ2n) is 4.99. The highest BCUT2D eigenvalue weighted by Crippen LogP contribution is 2.21. The molecule has 0 spiro atoms. The van der Waals surface area contributed by atoms with E-state index < -0.39 is 22.0 Å². The molecule has 6 heteroatoms. The van der Waals surface area contributed by atoms with Gasteiger partial charge in [0, 0.05) is 6.54 Å². The Hall–Kier alpha value is -0.620. The van der Waals surface area contributed by atoms with Crippen molar-refractivity contribution in [2.75, 3.05) is 12.3 Å². The number of hydrogen-bond acceptors (Lipinski definition) is 3. The van der Waals surface area contributed by atoms with Crippen LogP contribution in [-0.4, -0.2) is 42.1 Å². The summed E-state index contributed by atoms with van der Waals surface area (Å²) in [5.41, 5.74) is 0. The maximum absolute atomic E-state index is 12.1. The molecule has 1 N–H and O–H groups in total. The van der Waals surface area contributed by atoms with E-state index >= 15 is 0 Å². The van der Waals surface area contributed by atoms with E-state index in [1.165, 1.54) is 4.31 Å². The van der Waals surface area contributed by atoms with Crippen molar-refractivity contribution < 1.29 is 18.3 Å². The molecule has 0 aromatic carbocycles. The molecular weight excluding hydrogens is 242 g/mol. The molecule has 0 amide bonds. The van der Waals surface area contributed by atoms with Crippen molar-refractivity contribution >= 4 is 16.0 Å². The first-order valence-electron chi connectivity index (χ1n) is 6.07. The molecule has 0 aromatic rings. The number of rotatable bonds is 4. The molecule has 1 heterocycles. The van der Waals surface area contributed by atoms with Crippen LogP contribution in [0.5, 0.6) is 0 Å². The summed E-state index contributed by atoms with van der Waals surface area (Å²) >= 11 is 0. The van der Waals surface area contributed by atoms with Gasteiger partial charge in [-0.1, -0.05) is 26.7 Å². The van der Waals surface area contributed by atoms with Gasteiger partial charge in [-0.15, -0.1) is 0 Å². The molecule has 17 heavy (non-hydrogen) atoms. The van der Waals surface area contributed by atoms with Crippen LogP contribution in [0.25, 0.3) is 0 Å². The number of nitrogens with zero attached hydrogens (tertiary/aromatic N) is 1. The Bertz CT molecular complexity index is 364. The fourth-order valence-corrected chi connectivity index (χ4v) is 4.20. The lowest BCUT2D eigenvalue weighted by atomic mass is 10.1. The van der Waals surface area contributed by atoms with E-state index in [9.17, 15) is 13.2 Å². The zero-order chi connectivity index (χ0) is 13.1. The Labute approximate surface area is 103 Å². The van der Waals surface area contributed by atoms with E-state index in [-0.39, 0.29) is 11.7 Å². The van der Waals surface area contributed by atoms with Gasteiger partial charge in [-0.05, 0) is 18.8 Å². The number of carboxylic acids is 1. The lowest BCUT2D eigenvalue weighted by molar-refractivity contribution is -0.141. The normalized spacial score (nSPS) is 23.6. The van der Waals surface area contributed by atoms with Gasteiger partial charge < -0.3 is 5.11 Å². The van der Waals surface area contributed by atoms with Crippen LogP contribution in [0.4, 0.5) is 0 Å². The summed E-state index contributed by atoms with van der Waals surface area (Å²) in [4.78, 5) is 11.1. The van der Waals surface area contributed by atoms with Gasteiger partial charge in [0.15, 0.2) is 0 Å². The van der Waals surface area contributed by atoms with Crippen molar-refractivity contribution in [3.05, 3.63) is 0 Å². The quantitative estimate of drug-likeness (QED) is 0.829. The number of sulfonamides is 1. The van der Waals surface area contributed by atoms with Crippen LogP contribution in [0, 0.1) is 5.92 Å². The van der Waals surface area contributed by atoms with Gasteiger partial charge in [0.05, 0.1) is 5.75 Å². The van der Waals surface area contributed by atoms with Gasteiger partial charge in [-0.2, -0.15) is 4.31 Å². The maximum Gasteiger partial charge on any atom is 0.322 e.